The Morgan fingerprint density at radius 3 is 2.64 bits per heavy atom. The Labute approximate surface area is 88.2 Å². The van der Waals surface area contributed by atoms with Crippen molar-refractivity contribution in [1.29, 1.82) is 0 Å². The van der Waals surface area contributed by atoms with Gasteiger partial charge in [0.1, 0.15) is 10.5 Å². The van der Waals surface area contributed by atoms with Crippen LogP contribution in [0.15, 0.2) is 30.3 Å². The second kappa shape index (κ2) is 6.72. The summed E-state index contributed by atoms with van der Waals surface area (Å²) in [7, 11) is 0.754. The quantitative estimate of drug-likeness (QED) is 0.495. The van der Waals surface area contributed by atoms with Crippen molar-refractivity contribution in [1.82, 2.24) is 5.32 Å². The van der Waals surface area contributed by atoms with Crippen LogP contribution in [0.2, 0.25) is 0 Å². The van der Waals surface area contributed by atoms with E-state index in [0.717, 1.165) is 23.6 Å². The molecule has 1 rings (SSSR count). The van der Waals surface area contributed by atoms with E-state index in [0.29, 0.717) is 6.54 Å². The summed E-state index contributed by atoms with van der Waals surface area (Å²) in [6, 6.07) is 10.3. The third-order valence-corrected chi connectivity index (χ3v) is 2.68. The highest BCUT2D eigenvalue weighted by molar-refractivity contribution is 5.98. The van der Waals surface area contributed by atoms with Gasteiger partial charge < -0.3 is 15.5 Å². The smallest absolute Gasteiger partial charge is 0.146 e. The molecule has 4 heteroatoms. The number of nitrogens with two attached hydrogens (primary N) is 1. The summed E-state index contributed by atoms with van der Waals surface area (Å²) in [5.74, 6) is 0. The lowest BCUT2D eigenvalue weighted by molar-refractivity contribution is 0.222. The third-order valence-electron chi connectivity index (χ3n) is 2.11. The van der Waals surface area contributed by atoms with E-state index in [1.165, 1.54) is 5.56 Å². The van der Waals surface area contributed by atoms with Gasteiger partial charge in [0.15, 0.2) is 0 Å². The first-order valence-electron chi connectivity index (χ1n) is 4.87. The summed E-state index contributed by atoms with van der Waals surface area (Å²) in [4.78, 5) is 0. The first kappa shape index (κ1) is 11.4. The van der Waals surface area contributed by atoms with E-state index in [4.69, 9.17) is 10.2 Å². The number of rotatable bonds is 6. The van der Waals surface area contributed by atoms with Crippen molar-refractivity contribution in [3.63, 3.8) is 0 Å². The Morgan fingerprint density at radius 2 is 2.07 bits per heavy atom. The predicted molar refractivity (Wildman–Crippen MR) is 62.1 cm³/mol. The van der Waals surface area contributed by atoms with Crippen molar-refractivity contribution >= 4 is 10.5 Å². The van der Waals surface area contributed by atoms with Crippen LogP contribution in [0.5, 0.6) is 0 Å². The summed E-state index contributed by atoms with van der Waals surface area (Å²) in [5, 5.41) is 3.26. The Balaban J connectivity index is 2.46. The summed E-state index contributed by atoms with van der Waals surface area (Å²) >= 11 is 0. The van der Waals surface area contributed by atoms with Crippen LogP contribution >= 0.6 is 0 Å². The van der Waals surface area contributed by atoms with Gasteiger partial charge in [0.25, 0.3) is 0 Å². The first-order valence-corrected chi connectivity index (χ1v) is 5.68. The molecule has 3 N–H and O–H groups in total. The maximum atomic E-state index is 5.52. The normalized spacial score (nSPS) is 12.9. The minimum atomic E-state index is 0.175. The van der Waals surface area contributed by atoms with E-state index in [-0.39, 0.29) is 6.10 Å². The van der Waals surface area contributed by atoms with Crippen molar-refractivity contribution in [3.8, 4) is 0 Å². The Morgan fingerprint density at radius 1 is 1.36 bits per heavy atom. The minimum absolute atomic E-state index is 0.175. The molecule has 0 bridgehead atoms. The van der Waals surface area contributed by atoms with Crippen molar-refractivity contribution in [2.75, 3.05) is 19.6 Å². The second-order valence-electron chi connectivity index (χ2n) is 3.13. The molecule has 1 atom stereocenters. The molecule has 1 unspecified atom stereocenters. The Hall–Kier alpha value is -0.683. The van der Waals surface area contributed by atoms with Crippen LogP contribution < -0.4 is 11.1 Å². The van der Waals surface area contributed by atoms with Crippen LogP contribution in [0.3, 0.4) is 0 Å². The number of benzene rings is 1. The highest BCUT2D eigenvalue weighted by atomic mass is 28.2. The highest BCUT2D eigenvalue weighted by Gasteiger charge is 2.07. The Kier molecular flexibility index (Phi) is 5.47. The van der Waals surface area contributed by atoms with E-state index in [9.17, 15) is 0 Å². The topological polar surface area (TPSA) is 47.3 Å². The van der Waals surface area contributed by atoms with Crippen LogP contribution in [0, 0.1) is 0 Å². The molecule has 0 saturated heterocycles. The van der Waals surface area contributed by atoms with Gasteiger partial charge in [-0.25, -0.2) is 0 Å². The lowest BCUT2D eigenvalue weighted by atomic mass is 10.1. The van der Waals surface area contributed by atoms with Crippen molar-refractivity contribution < 1.29 is 4.43 Å². The van der Waals surface area contributed by atoms with Gasteiger partial charge >= 0.3 is 0 Å². The molecule has 0 aliphatic carbocycles. The molecule has 0 spiro atoms. The lowest BCUT2D eigenvalue weighted by Gasteiger charge is -2.16. The van der Waals surface area contributed by atoms with Gasteiger partial charge in [-0.2, -0.15) is 0 Å². The van der Waals surface area contributed by atoms with Gasteiger partial charge in [0.05, 0.1) is 6.10 Å². The molecule has 1 aromatic rings. The van der Waals surface area contributed by atoms with E-state index < -0.39 is 0 Å². The van der Waals surface area contributed by atoms with Crippen molar-refractivity contribution in [2.45, 2.75) is 6.10 Å². The standard InChI is InChI=1S/C10H18N2OSi/c11-6-7-12-8-10(13-14)9-4-2-1-3-5-9/h1-5,10,12H,6-8,11H2,14H3. The molecule has 0 aliphatic rings. The first-order chi connectivity index (χ1) is 6.88. The van der Waals surface area contributed by atoms with E-state index in [1.54, 1.807) is 0 Å². The summed E-state index contributed by atoms with van der Waals surface area (Å²) in [5.41, 5.74) is 6.63. The number of nitrogens with one attached hydrogen (secondary N) is 1. The number of hydrogen-bond acceptors (Lipinski definition) is 3. The molecule has 0 saturated carbocycles. The third kappa shape index (κ3) is 3.59. The maximum Gasteiger partial charge on any atom is 0.146 e. The second-order valence-corrected chi connectivity index (χ2v) is 3.60. The summed E-state index contributed by atoms with van der Waals surface area (Å²) in [6.45, 7) is 2.35. The average Bonchev–Trinajstić information content (AvgIpc) is 2.26. The summed E-state index contributed by atoms with van der Waals surface area (Å²) < 4.78 is 5.52. The maximum absolute atomic E-state index is 5.52. The van der Waals surface area contributed by atoms with Crippen LogP contribution in [-0.2, 0) is 4.43 Å². The van der Waals surface area contributed by atoms with Gasteiger partial charge in [-0.3, -0.25) is 0 Å². The van der Waals surface area contributed by atoms with Crippen molar-refractivity contribution in [2.24, 2.45) is 5.73 Å². The van der Waals surface area contributed by atoms with E-state index in [1.807, 2.05) is 18.2 Å². The molecule has 0 heterocycles. The average molecular weight is 210 g/mol. The van der Waals surface area contributed by atoms with Gasteiger partial charge in [0, 0.05) is 19.6 Å². The van der Waals surface area contributed by atoms with E-state index in [2.05, 4.69) is 17.4 Å². The summed E-state index contributed by atoms with van der Waals surface area (Å²) in [6.07, 6.45) is 0.175. The van der Waals surface area contributed by atoms with E-state index >= 15 is 0 Å². The van der Waals surface area contributed by atoms with Gasteiger partial charge in [-0.1, -0.05) is 30.3 Å². The zero-order valence-corrected chi connectivity index (χ0v) is 10.6. The zero-order valence-electron chi connectivity index (χ0n) is 8.57. The van der Waals surface area contributed by atoms with Crippen LogP contribution in [0.25, 0.3) is 0 Å². The largest absolute Gasteiger partial charge is 0.420 e. The van der Waals surface area contributed by atoms with Crippen LogP contribution in [-0.4, -0.2) is 30.1 Å². The lowest BCUT2D eigenvalue weighted by Crippen LogP contribution is -2.28. The molecule has 0 aliphatic heterocycles. The molecule has 0 fully saturated rings. The molecule has 3 nitrogen and oxygen atoms in total. The molecular formula is C10H18N2OSi. The molecular weight excluding hydrogens is 192 g/mol. The molecule has 1 aromatic carbocycles. The fourth-order valence-corrected chi connectivity index (χ4v) is 1.78. The Bertz CT molecular complexity index is 243. The highest BCUT2D eigenvalue weighted by Crippen LogP contribution is 2.14. The van der Waals surface area contributed by atoms with Crippen molar-refractivity contribution in [3.05, 3.63) is 35.9 Å². The van der Waals surface area contributed by atoms with Crippen LogP contribution in [0.4, 0.5) is 0 Å². The molecule has 0 aromatic heterocycles. The predicted octanol–water partition coefficient (Wildman–Crippen LogP) is -0.427. The fourth-order valence-electron chi connectivity index (χ4n) is 1.34. The minimum Gasteiger partial charge on any atom is -0.420 e. The fraction of sp³-hybridized carbons (Fsp3) is 0.400. The molecule has 0 amide bonds. The van der Waals surface area contributed by atoms with Gasteiger partial charge in [-0.15, -0.1) is 0 Å². The molecule has 78 valence electrons. The SMILES string of the molecule is NCCNCC(O[SiH3])c1ccccc1. The van der Waals surface area contributed by atoms with Gasteiger partial charge in [0.2, 0.25) is 0 Å². The van der Waals surface area contributed by atoms with Crippen LogP contribution in [0.1, 0.15) is 11.7 Å². The molecule has 0 radical (unpaired) electrons. The zero-order chi connectivity index (χ0) is 10.2. The monoisotopic (exact) mass is 210 g/mol. The number of hydrogen-bond donors (Lipinski definition) is 2. The molecule has 14 heavy (non-hydrogen) atoms. The van der Waals surface area contributed by atoms with Gasteiger partial charge in [-0.05, 0) is 5.56 Å².